The Morgan fingerprint density at radius 1 is 1.42 bits per heavy atom. The molecular formula is C13H19N5O. The van der Waals surface area contributed by atoms with Crippen molar-refractivity contribution in [2.24, 2.45) is 0 Å². The third-order valence-corrected chi connectivity index (χ3v) is 2.75. The predicted molar refractivity (Wildman–Crippen MR) is 71.7 cm³/mol. The van der Waals surface area contributed by atoms with Gasteiger partial charge >= 0.3 is 0 Å². The van der Waals surface area contributed by atoms with Crippen LogP contribution in [0.15, 0.2) is 24.8 Å². The van der Waals surface area contributed by atoms with Crippen LogP contribution in [0.1, 0.15) is 17.2 Å². The minimum Gasteiger partial charge on any atom is -0.383 e. The van der Waals surface area contributed by atoms with E-state index in [0.717, 1.165) is 30.3 Å². The number of nitrogens with zero attached hydrogens (tertiary/aromatic N) is 4. The van der Waals surface area contributed by atoms with Gasteiger partial charge in [-0.25, -0.2) is 15.0 Å². The molecule has 0 aliphatic carbocycles. The largest absolute Gasteiger partial charge is 0.383 e. The van der Waals surface area contributed by atoms with Crippen molar-refractivity contribution in [3.05, 3.63) is 42.0 Å². The maximum absolute atomic E-state index is 5.00. The van der Waals surface area contributed by atoms with Crippen molar-refractivity contribution in [2.75, 3.05) is 20.3 Å². The topological polar surface area (TPSA) is 64.9 Å². The number of rotatable bonds is 7. The molecule has 0 aliphatic rings. The van der Waals surface area contributed by atoms with Crippen LogP contribution in [0.2, 0.25) is 0 Å². The highest BCUT2D eigenvalue weighted by Crippen LogP contribution is 2.04. The maximum Gasteiger partial charge on any atom is 0.125 e. The van der Waals surface area contributed by atoms with E-state index in [2.05, 4.69) is 24.8 Å². The molecule has 0 saturated carbocycles. The molecule has 19 heavy (non-hydrogen) atoms. The van der Waals surface area contributed by atoms with Crippen molar-refractivity contribution in [1.82, 2.24) is 24.8 Å². The van der Waals surface area contributed by atoms with Gasteiger partial charge in [0.1, 0.15) is 5.82 Å². The van der Waals surface area contributed by atoms with Gasteiger partial charge in [-0.2, -0.15) is 0 Å². The Hall–Kier alpha value is -1.79. The van der Waals surface area contributed by atoms with Gasteiger partial charge in [-0.15, -0.1) is 0 Å². The molecule has 2 aromatic rings. The molecule has 0 aromatic carbocycles. The van der Waals surface area contributed by atoms with Crippen molar-refractivity contribution in [3.63, 3.8) is 0 Å². The Morgan fingerprint density at radius 2 is 2.32 bits per heavy atom. The van der Waals surface area contributed by atoms with E-state index < -0.39 is 0 Å². The Balaban J connectivity index is 1.95. The lowest BCUT2D eigenvalue weighted by Gasteiger charge is -2.09. The summed E-state index contributed by atoms with van der Waals surface area (Å²) in [7, 11) is 1.70. The van der Waals surface area contributed by atoms with Gasteiger partial charge in [-0.3, -0.25) is 0 Å². The van der Waals surface area contributed by atoms with Gasteiger partial charge in [-0.1, -0.05) is 0 Å². The number of ether oxygens (including phenoxy) is 1. The molecule has 0 aliphatic heterocycles. The molecule has 0 unspecified atom stereocenters. The van der Waals surface area contributed by atoms with E-state index in [1.807, 2.05) is 25.5 Å². The molecule has 2 heterocycles. The lowest BCUT2D eigenvalue weighted by molar-refractivity contribution is 0.199. The van der Waals surface area contributed by atoms with Crippen molar-refractivity contribution in [1.29, 1.82) is 0 Å². The average molecular weight is 261 g/mol. The molecule has 0 amide bonds. The van der Waals surface area contributed by atoms with Gasteiger partial charge in [0, 0.05) is 32.6 Å². The monoisotopic (exact) mass is 261 g/mol. The van der Waals surface area contributed by atoms with Crippen molar-refractivity contribution in [3.8, 4) is 0 Å². The van der Waals surface area contributed by atoms with Crippen LogP contribution < -0.4 is 5.32 Å². The average Bonchev–Trinajstić information content (AvgIpc) is 2.82. The summed E-state index contributed by atoms with van der Waals surface area (Å²) >= 11 is 0. The zero-order valence-corrected chi connectivity index (χ0v) is 11.3. The SMILES string of the molecule is COCCNCc1cncn1Cc1ccnc(C)n1. The second kappa shape index (κ2) is 6.96. The van der Waals surface area contributed by atoms with E-state index in [-0.39, 0.29) is 0 Å². The van der Waals surface area contributed by atoms with Crippen LogP contribution in [-0.2, 0) is 17.8 Å². The second-order valence-corrected chi connectivity index (χ2v) is 4.28. The third kappa shape index (κ3) is 4.11. The van der Waals surface area contributed by atoms with Crippen LogP contribution >= 0.6 is 0 Å². The van der Waals surface area contributed by atoms with Gasteiger partial charge in [0.15, 0.2) is 0 Å². The van der Waals surface area contributed by atoms with Crippen molar-refractivity contribution < 1.29 is 4.74 Å². The maximum atomic E-state index is 5.00. The molecule has 0 atom stereocenters. The Bertz CT molecular complexity index is 511. The van der Waals surface area contributed by atoms with Gasteiger partial charge in [0.2, 0.25) is 0 Å². The van der Waals surface area contributed by atoms with Crippen LogP contribution in [0.3, 0.4) is 0 Å². The number of imidazole rings is 1. The van der Waals surface area contributed by atoms with Crippen molar-refractivity contribution >= 4 is 0 Å². The normalized spacial score (nSPS) is 10.8. The third-order valence-electron chi connectivity index (χ3n) is 2.75. The highest BCUT2D eigenvalue weighted by atomic mass is 16.5. The predicted octanol–water partition coefficient (Wildman–Crippen LogP) is 0.766. The summed E-state index contributed by atoms with van der Waals surface area (Å²) in [6.07, 6.45) is 5.48. The van der Waals surface area contributed by atoms with E-state index in [1.165, 1.54) is 0 Å². The Kier molecular flexibility index (Phi) is 5.00. The molecule has 0 saturated heterocycles. The zero-order valence-electron chi connectivity index (χ0n) is 11.3. The minimum atomic E-state index is 0.708. The smallest absolute Gasteiger partial charge is 0.125 e. The first-order valence-corrected chi connectivity index (χ1v) is 6.27. The molecule has 2 aromatic heterocycles. The van der Waals surface area contributed by atoms with Gasteiger partial charge in [-0.05, 0) is 13.0 Å². The van der Waals surface area contributed by atoms with E-state index in [1.54, 1.807) is 13.3 Å². The molecule has 0 fully saturated rings. The summed E-state index contributed by atoms with van der Waals surface area (Å²) in [5.74, 6) is 0.789. The number of nitrogens with one attached hydrogen (secondary N) is 1. The second-order valence-electron chi connectivity index (χ2n) is 4.28. The molecule has 0 radical (unpaired) electrons. The Morgan fingerprint density at radius 3 is 3.11 bits per heavy atom. The Labute approximate surface area is 112 Å². The lowest BCUT2D eigenvalue weighted by atomic mass is 10.3. The first-order chi connectivity index (χ1) is 9.29. The number of hydrogen-bond donors (Lipinski definition) is 1. The highest BCUT2D eigenvalue weighted by Gasteiger charge is 2.04. The lowest BCUT2D eigenvalue weighted by Crippen LogP contribution is -2.20. The van der Waals surface area contributed by atoms with E-state index in [4.69, 9.17) is 4.74 Å². The number of methoxy groups -OCH3 is 1. The van der Waals surface area contributed by atoms with Crippen LogP contribution in [0.5, 0.6) is 0 Å². The molecule has 2 rings (SSSR count). The molecule has 1 N–H and O–H groups in total. The summed E-state index contributed by atoms with van der Waals surface area (Å²) < 4.78 is 7.08. The first kappa shape index (κ1) is 13.6. The van der Waals surface area contributed by atoms with E-state index in [9.17, 15) is 0 Å². The fourth-order valence-electron chi connectivity index (χ4n) is 1.80. The minimum absolute atomic E-state index is 0.708. The summed E-state index contributed by atoms with van der Waals surface area (Å²) in [5, 5.41) is 3.31. The number of aryl methyl sites for hydroxylation is 1. The molecular weight excluding hydrogens is 242 g/mol. The molecule has 6 nitrogen and oxygen atoms in total. The molecule has 102 valence electrons. The molecule has 6 heteroatoms. The summed E-state index contributed by atoms with van der Waals surface area (Å²) in [6, 6.07) is 1.93. The van der Waals surface area contributed by atoms with Crippen LogP contribution in [0, 0.1) is 6.92 Å². The van der Waals surface area contributed by atoms with Crippen LogP contribution in [0.25, 0.3) is 0 Å². The number of hydrogen-bond acceptors (Lipinski definition) is 5. The summed E-state index contributed by atoms with van der Waals surface area (Å²) in [4.78, 5) is 12.7. The quantitative estimate of drug-likeness (QED) is 0.746. The van der Waals surface area contributed by atoms with Gasteiger partial charge in [0.05, 0.1) is 30.9 Å². The summed E-state index contributed by atoms with van der Waals surface area (Å²) in [6.45, 7) is 4.91. The van der Waals surface area contributed by atoms with Gasteiger partial charge in [0.25, 0.3) is 0 Å². The van der Waals surface area contributed by atoms with Gasteiger partial charge < -0.3 is 14.6 Å². The van der Waals surface area contributed by atoms with Crippen LogP contribution in [-0.4, -0.2) is 39.8 Å². The fourth-order valence-corrected chi connectivity index (χ4v) is 1.80. The first-order valence-electron chi connectivity index (χ1n) is 6.27. The molecule has 0 spiro atoms. The van der Waals surface area contributed by atoms with Crippen molar-refractivity contribution in [2.45, 2.75) is 20.0 Å². The zero-order chi connectivity index (χ0) is 13.5. The number of aromatic nitrogens is 4. The fraction of sp³-hybridized carbons (Fsp3) is 0.462. The van der Waals surface area contributed by atoms with Crippen LogP contribution in [0.4, 0.5) is 0 Å². The standard InChI is InChI=1S/C13H19N5O/c1-11-16-4-3-12(17-11)9-18-10-15-8-13(18)7-14-5-6-19-2/h3-4,8,10,14H,5-7,9H2,1-2H3. The highest BCUT2D eigenvalue weighted by molar-refractivity contribution is 5.06. The molecule has 0 bridgehead atoms. The van der Waals surface area contributed by atoms with E-state index >= 15 is 0 Å². The summed E-state index contributed by atoms with van der Waals surface area (Å²) in [5.41, 5.74) is 2.12. The van der Waals surface area contributed by atoms with E-state index in [0.29, 0.717) is 13.2 Å².